The van der Waals surface area contributed by atoms with Gasteiger partial charge in [0.2, 0.25) is 0 Å². The molecule has 4 aromatic rings. The lowest BCUT2D eigenvalue weighted by Gasteiger charge is -2.14. The maximum absolute atomic E-state index is 12.2. The molecule has 2 saturated heterocycles. The van der Waals surface area contributed by atoms with Crippen molar-refractivity contribution in [3.05, 3.63) is 58.4 Å². The first kappa shape index (κ1) is 29.1. The van der Waals surface area contributed by atoms with Gasteiger partial charge in [-0.1, -0.05) is 0 Å². The van der Waals surface area contributed by atoms with Gasteiger partial charge in [0.25, 0.3) is 11.1 Å². The van der Waals surface area contributed by atoms with Crippen LogP contribution in [0, 0.1) is 0 Å². The Morgan fingerprint density at radius 2 is 1.36 bits per heavy atom. The number of nitrogens with zero attached hydrogens (tertiary/aromatic N) is 8. The van der Waals surface area contributed by atoms with Gasteiger partial charge in [0, 0.05) is 31.1 Å². The fourth-order valence-corrected chi connectivity index (χ4v) is 4.96. The molecule has 6 heterocycles. The number of Topliss-reactive ketones (excluding diaryl/α,β-unsaturated/α-hetero) is 2. The minimum Gasteiger partial charge on any atom is -0.391 e. The molecule has 2 aliphatic rings. The summed E-state index contributed by atoms with van der Waals surface area (Å²) >= 11 is 0. The second-order valence-electron chi connectivity index (χ2n) is 10.2. The fraction of sp³-hybridized carbons (Fsp3) is 0.462. The van der Waals surface area contributed by atoms with E-state index in [2.05, 4.69) is 40.5 Å². The number of rotatable bonds is 8. The Labute approximate surface area is 237 Å². The Balaban J connectivity index is 0.000000168. The van der Waals surface area contributed by atoms with E-state index in [4.69, 9.17) is 0 Å². The third-order valence-corrected chi connectivity index (χ3v) is 7.21. The molecule has 0 bridgehead atoms. The van der Waals surface area contributed by atoms with Crippen LogP contribution in [-0.2, 0) is 22.7 Å². The number of carbonyl (C=O) groups excluding carboxylic acids is 2. The van der Waals surface area contributed by atoms with E-state index in [0.717, 1.165) is 0 Å². The number of hydrogen-bond acceptors (Lipinski definition) is 14. The van der Waals surface area contributed by atoms with Gasteiger partial charge in [-0.25, -0.2) is 29.9 Å². The van der Waals surface area contributed by atoms with Crippen molar-refractivity contribution < 1.29 is 19.8 Å². The number of aliphatic hydroxyl groups excluding tert-OH is 2. The van der Waals surface area contributed by atoms with E-state index < -0.39 is 12.2 Å². The number of carbonyl (C=O) groups is 2. The maximum Gasteiger partial charge on any atom is 0.280 e. The number of fused-ring (bicyclic) bond motifs is 2. The first-order valence-electron chi connectivity index (χ1n) is 13.5. The van der Waals surface area contributed by atoms with Crippen molar-refractivity contribution in [1.82, 2.24) is 49.7 Å². The van der Waals surface area contributed by atoms with Gasteiger partial charge in [0.15, 0.2) is 22.7 Å². The first-order valence-corrected chi connectivity index (χ1v) is 13.5. The number of nitrogens with one attached hydrogen (secondary N) is 2. The summed E-state index contributed by atoms with van der Waals surface area (Å²) in [5.41, 5.74) is 0.203. The molecular weight excluding hydrogens is 548 g/mol. The molecule has 0 saturated carbocycles. The third kappa shape index (κ3) is 6.73. The number of hydrogen-bond donors (Lipinski definition) is 4. The van der Waals surface area contributed by atoms with Crippen LogP contribution in [0.3, 0.4) is 0 Å². The molecule has 220 valence electrons. The molecule has 0 spiro atoms. The highest BCUT2D eigenvalue weighted by atomic mass is 16.3. The van der Waals surface area contributed by atoms with Crippen LogP contribution in [0.5, 0.6) is 0 Å². The lowest BCUT2D eigenvalue weighted by atomic mass is 10.1. The highest BCUT2D eigenvalue weighted by Gasteiger charge is 2.27. The van der Waals surface area contributed by atoms with E-state index in [1.807, 2.05) is 0 Å². The summed E-state index contributed by atoms with van der Waals surface area (Å²) in [4.78, 5) is 71.9. The molecule has 2 fully saturated rings. The largest absolute Gasteiger partial charge is 0.391 e. The minimum atomic E-state index is -0.506. The average Bonchev–Trinajstić information content (AvgIpc) is 3.59. The van der Waals surface area contributed by atoms with Crippen LogP contribution >= 0.6 is 0 Å². The van der Waals surface area contributed by atoms with Crippen molar-refractivity contribution in [2.45, 2.75) is 63.1 Å². The topological polar surface area (TPSA) is 220 Å². The molecule has 42 heavy (non-hydrogen) atoms. The predicted molar refractivity (Wildman–Crippen MR) is 147 cm³/mol. The Kier molecular flexibility index (Phi) is 9.06. The fourth-order valence-electron chi connectivity index (χ4n) is 4.96. The van der Waals surface area contributed by atoms with Crippen LogP contribution in [0.25, 0.3) is 22.1 Å². The van der Waals surface area contributed by atoms with Gasteiger partial charge in [-0.15, -0.1) is 0 Å². The summed E-state index contributed by atoms with van der Waals surface area (Å²) in [6.45, 7) is 1.26. The predicted octanol–water partition coefficient (Wildman–Crippen LogP) is -2.26. The average molecular weight is 579 g/mol. The van der Waals surface area contributed by atoms with E-state index >= 15 is 0 Å². The van der Waals surface area contributed by atoms with E-state index in [-0.39, 0.29) is 71.6 Å². The molecule has 0 aliphatic carbocycles. The first-order chi connectivity index (χ1) is 20.3. The summed E-state index contributed by atoms with van der Waals surface area (Å²) in [5.74, 6) is -0.265. The van der Waals surface area contributed by atoms with Crippen molar-refractivity contribution in [1.29, 1.82) is 0 Å². The number of aliphatic hydroxyl groups is 2. The summed E-state index contributed by atoms with van der Waals surface area (Å²) in [6, 6.07) is -0.464. The summed E-state index contributed by atoms with van der Waals surface area (Å²) in [6.07, 6.45) is 8.73. The Bertz CT molecular complexity index is 1580. The Morgan fingerprint density at radius 3 is 1.98 bits per heavy atom. The van der Waals surface area contributed by atoms with Gasteiger partial charge >= 0.3 is 0 Å². The van der Waals surface area contributed by atoms with Gasteiger partial charge in [0.1, 0.15) is 29.9 Å². The van der Waals surface area contributed by atoms with Crippen LogP contribution < -0.4 is 21.8 Å². The highest BCUT2D eigenvalue weighted by Crippen LogP contribution is 2.12. The monoisotopic (exact) mass is 578 g/mol. The van der Waals surface area contributed by atoms with E-state index in [1.165, 1.54) is 46.8 Å². The minimum absolute atomic E-state index is 0.0679. The van der Waals surface area contributed by atoms with E-state index in [0.29, 0.717) is 37.1 Å². The lowest BCUT2D eigenvalue weighted by molar-refractivity contribution is -0.121. The van der Waals surface area contributed by atoms with E-state index in [9.17, 15) is 29.4 Å². The molecule has 6 rings (SSSR count). The zero-order valence-electron chi connectivity index (χ0n) is 22.5. The zero-order valence-corrected chi connectivity index (χ0v) is 22.5. The maximum atomic E-state index is 12.2. The molecule has 0 radical (unpaired) electrons. The van der Waals surface area contributed by atoms with Crippen LogP contribution in [-0.4, -0.2) is 98.2 Å². The van der Waals surface area contributed by atoms with Crippen molar-refractivity contribution in [3.63, 3.8) is 0 Å². The van der Waals surface area contributed by atoms with Gasteiger partial charge in [-0.3, -0.25) is 28.3 Å². The van der Waals surface area contributed by atoms with Gasteiger partial charge < -0.3 is 20.8 Å². The normalized spacial score (nSPS) is 21.8. The molecule has 16 heteroatoms. The van der Waals surface area contributed by atoms with Crippen molar-refractivity contribution >= 4 is 33.6 Å². The highest BCUT2D eigenvalue weighted by molar-refractivity contribution is 5.80. The molecule has 2 aliphatic heterocycles. The van der Waals surface area contributed by atoms with Crippen molar-refractivity contribution in [2.75, 3.05) is 13.1 Å². The third-order valence-electron chi connectivity index (χ3n) is 7.21. The lowest BCUT2D eigenvalue weighted by Crippen LogP contribution is -2.34. The van der Waals surface area contributed by atoms with Gasteiger partial charge in [-0.2, -0.15) is 0 Å². The second-order valence-corrected chi connectivity index (χ2v) is 10.2. The van der Waals surface area contributed by atoms with Crippen molar-refractivity contribution in [2.24, 2.45) is 0 Å². The molecule has 4 N–H and O–H groups in total. The van der Waals surface area contributed by atoms with Crippen LogP contribution in [0.15, 0.2) is 47.3 Å². The standard InChI is InChI=1S/2C13H15N5O3/c19-8(3-10-11(20)1-2-15-10)5-18-7-17-12-9(13(18)21)4-14-6-16-12;19-8(3-9-11(20)1-2-15-9)5-18-7-17-10-4-14-6-16-12(10)13(18)21/h4,6-7,10-11,15,20H,1-3,5H2;4,6-7,9,11,15,20H,1-3,5H2/t10-,11+;9-,11+/m11/s1. The Morgan fingerprint density at radius 1 is 0.786 bits per heavy atom. The van der Waals surface area contributed by atoms with Gasteiger partial charge in [0.05, 0.1) is 37.8 Å². The van der Waals surface area contributed by atoms with Crippen molar-refractivity contribution in [3.8, 4) is 0 Å². The number of aromatic nitrogens is 8. The number of ketones is 2. The molecule has 4 aromatic heterocycles. The molecule has 16 nitrogen and oxygen atoms in total. The smallest absolute Gasteiger partial charge is 0.280 e. The molecule has 0 unspecified atom stereocenters. The van der Waals surface area contributed by atoms with Crippen LogP contribution in [0.2, 0.25) is 0 Å². The molecular formula is C26H30N10O6. The van der Waals surface area contributed by atoms with Crippen LogP contribution in [0.4, 0.5) is 0 Å². The summed E-state index contributed by atoms with van der Waals surface area (Å²) in [7, 11) is 0. The van der Waals surface area contributed by atoms with Gasteiger partial charge in [-0.05, 0) is 25.9 Å². The Hall–Kier alpha value is -4.38. The van der Waals surface area contributed by atoms with E-state index in [1.54, 1.807) is 0 Å². The summed E-state index contributed by atoms with van der Waals surface area (Å²) in [5, 5.41) is 25.8. The SMILES string of the molecule is O=C(C[C@H]1NCC[C@@H]1O)Cn1cnc2cncnc2c1=O.O=C(C[C@H]1NCC[C@@H]1O)Cn1cnc2ncncc2c1=O. The van der Waals surface area contributed by atoms with Crippen LogP contribution in [0.1, 0.15) is 25.7 Å². The summed E-state index contributed by atoms with van der Waals surface area (Å²) < 4.78 is 2.48. The second kappa shape index (κ2) is 13.1. The zero-order chi connectivity index (χ0) is 29.6. The quantitative estimate of drug-likeness (QED) is 0.173. The molecule has 0 aromatic carbocycles. The molecule has 0 amide bonds. The molecule has 4 atom stereocenters.